The molecule has 0 aromatic rings. The van der Waals surface area contributed by atoms with Crippen LogP contribution in [0.5, 0.6) is 0 Å². The van der Waals surface area contributed by atoms with E-state index in [4.69, 9.17) is 14.2 Å². The van der Waals surface area contributed by atoms with E-state index in [1.165, 1.54) is 0 Å². The maximum atomic E-state index is 9.75. The van der Waals surface area contributed by atoms with Gasteiger partial charge in [0.15, 0.2) is 6.29 Å². The number of ether oxygens (including phenoxy) is 3. The van der Waals surface area contributed by atoms with Gasteiger partial charge in [0, 0.05) is 32.5 Å². The first kappa shape index (κ1) is 14.9. The maximum absolute atomic E-state index is 9.75. The number of aliphatic hydroxyl groups excluding tert-OH is 2. The summed E-state index contributed by atoms with van der Waals surface area (Å²) < 4.78 is 15.8. The van der Waals surface area contributed by atoms with Gasteiger partial charge in [-0.3, -0.25) is 0 Å². The molecule has 1 heterocycles. The Morgan fingerprint density at radius 1 is 1.41 bits per heavy atom. The first-order valence-corrected chi connectivity index (χ1v) is 5.95. The van der Waals surface area contributed by atoms with Crippen molar-refractivity contribution in [1.82, 2.24) is 0 Å². The third-order valence-corrected chi connectivity index (χ3v) is 3.53. The Labute approximate surface area is 103 Å². The minimum absolute atomic E-state index is 0.0778. The van der Waals surface area contributed by atoms with E-state index in [2.05, 4.69) is 0 Å². The molecule has 5 nitrogen and oxygen atoms in total. The standard InChI is InChI=1S/C12H24O5/c1-12(2)9(16-4)6-11(14)17-10(12)5-8(13)7-15-3/h8-11,13-14H,5-7H2,1-4H3/t8-,9+,10+,11?/m0/s1. The van der Waals surface area contributed by atoms with Crippen LogP contribution in [-0.2, 0) is 14.2 Å². The van der Waals surface area contributed by atoms with Gasteiger partial charge in [0.1, 0.15) is 0 Å². The second-order valence-corrected chi connectivity index (χ2v) is 5.21. The third-order valence-electron chi connectivity index (χ3n) is 3.53. The third kappa shape index (κ3) is 3.63. The fraction of sp³-hybridized carbons (Fsp3) is 1.00. The van der Waals surface area contributed by atoms with Gasteiger partial charge in [0.2, 0.25) is 0 Å². The van der Waals surface area contributed by atoms with Gasteiger partial charge in [-0.1, -0.05) is 13.8 Å². The summed E-state index contributed by atoms with van der Waals surface area (Å²) in [7, 11) is 3.18. The molecule has 0 amide bonds. The highest BCUT2D eigenvalue weighted by Crippen LogP contribution is 2.39. The lowest BCUT2D eigenvalue weighted by Gasteiger charge is -2.46. The molecule has 5 heteroatoms. The highest BCUT2D eigenvalue weighted by Gasteiger charge is 2.45. The molecule has 4 atom stereocenters. The predicted octanol–water partition coefficient (Wildman–Crippen LogP) is 0.532. The topological polar surface area (TPSA) is 68.2 Å². The first-order valence-electron chi connectivity index (χ1n) is 5.95. The van der Waals surface area contributed by atoms with Crippen LogP contribution in [-0.4, -0.2) is 55.6 Å². The lowest BCUT2D eigenvalue weighted by atomic mass is 9.75. The predicted molar refractivity (Wildman–Crippen MR) is 62.6 cm³/mol. The summed E-state index contributed by atoms with van der Waals surface area (Å²) in [5.41, 5.74) is -0.247. The van der Waals surface area contributed by atoms with Crippen molar-refractivity contribution in [3.8, 4) is 0 Å². The molecular weight excluding hydrogens is 224 g/mol. The Morgan fingerprint density at radius 3 is 2.59 bits per heavy atom. The number of hydrogen-bond acceptors (Lipinski definition) is 5. The lowest BCUT2D eigenvalue weighted by molar-refractivity contribution is -0.250. The first-order chi connectivity index (χ1) is 7.91. The second kappa shape index (κ2) is 6.11. The smallest absolute Gasteiger partial charge is 0.157 e. The Kier molecular flexibility index (Phi) is 5.34. The van der Waals surface area contributed by atoms with Crippen molar-refractivity contribution in [2.24, 2.45) is 5.41 Å². The van der Waals surface area contributed by atoms with E-state index in [1.54, 1.807) is 14.2 Å². The van der Waals surface area contributed by atoms with Gasteiger partial charge < -0.3 is 24.4 Å². The Balaban J connectivity index is 2.67. The second-order valence-electron chi connectivity index (χ2n) is 5.21. The van der Waals surface area contributed by atoms with Crippen LogP contribution in [0.2, 0.25) is 0 Å². The monoisotopic (exact) mass is 248 g/mol. The minimum Gasteiger partial charge on any atom is -0.391 e. The van der Waals surface area contributed by atoms with Gasteiger partial charge in [-0.05, 0) is 0 Å². The van der Waals surface area contributed by atoms with Crippen molar-refractivity contribution in [2.75, 3.05) is 20.8 Å². The molecule has 0 aliphatic carbocycles. The lowest BCUT2D eigenvalue weighted by Crippen LogP contribution is -2.52. The van der Waals surface area contributed by atoms with Crippen molar-refractivity contribution in [1.29, 1.82) is 0 Å². The molecule has 0 bridgehead atoms. The zero-order chi connectivity index (χ0) is 13.1. The SMILES string of the molecule is COC[C@@H](O)C[C@H]1OC(O)C[C@@H](OC)C1(C)C. The maximum Gasteiger partial charge on any atom is 0.157 e. The van der Waals surface area contributed by atoms with Gasteiger partial charge in [-0.25, -0.2) is 0 Å². The van der Waals surface area contributed by atoms with Crippen LogP contribution in [0.4, 0.5) is 0 Å². The Hall–Kier alpha value is -0.200. The molecule has 1 aliphatic heterocycles. The van der Waals surface area contributed by atoms with E-state index in [0.717, 1.165) is 0 Å². The van der Waals surface area contributed by atoms with Crippen LogP contribution in [0.1, 0.15) is 26.7 Å². The molecule has 1 saturated heterocycles. The van der Waals surface area contributed by atoms with Crippen molar-refractivity contribution in [3.05, 3.63) is 0 Å². The fourth-order valence-corrected chi connectivity index (χ4v) is 2.38. The number of hydrogen-bond donors (Lipinski definition) is 2. The van der Waals surface area contributed by atoms with Gasteiger partial charge in [-0.2, -0.15) is 0 Å². The van der Waals surface area contributed by atoms with E-state index in [1.807, 2.05) is 13.8 Å². The summed E-state index contributed by atoms with van der Waals surface area (Å²) in [6, 6.07) is 0. The van der Waals surface area contributed by atoms with Gasteiger partial charge >= 0.3 is 0 Å². The summed E-state index contributed by atoms with van der Waals surface area (Å²) >= 11 is 0. The van der Waals surface area contributed by atoms with E-state index >= 15 is 0 Å². The highest BCUT2D eigenvalue weighted by molar-refractivity contribution is 4.92. The van der Waals surface area contributed by atoms with Crippen LogP contribution in [0, 0.1) is 5.41 Å². The van der Waals surface area contributed by atoms with Crippen LogP contribution < -0.4 is 0 Å². The molecule has 0 aromatic heterocycles. The minimum atomic E-state index is -0.826. The molecule has 2 N–H and O–H groups in total. The molecule has 0 saturated carbocycles. The van der Waals surface area contributed by atoms with Gasteiger partial charge in [-0.15, -0.1) is 0 Å². The zero-order valence-corrected chi connectivity index (χ0v) is 11.0. The molecule has 1 unspecified atom stereocenters. The summed E-state index contributed by atoms with van der Waals surface area (Å²) in [4.78, 5) is 0. The quantitative estimate of drug-likeness (QED) is 0.743. The van der Waals surface area contributed by atoms with E-state index in [0.29, 0.717) is 12.8 Å². The average molecular weight is 248 g/mol. The highest BCUT2D eigenvalue weighted by atomic mass is 16.6. The van der Waals surface area contributed by atoms with Crippen LogP contribution in [0.15, 0.2) is 0 Å². The van der Waals surface area contributed by atoms with Crippen LogP contribution in [0.3, 0.4) is 0 Å². The van der Waals surface area contributed by atoms with Crippen molar-refractivity contribution >= 4 is 0 Å². The van der Waals surface area contributed by atoms with Crippen LogP contribution >= 0.6 is 0 Å². The van der Waals surface area contributed by atoms with E-state index in [9.17, 15) is 10.2 Å². The number of methoxy groups -OCH3 is 2. The molecule has 0 aromatic carbocycles. The van der Waals surface area contributed by atoms with Crippen molar-refractivity contribution in [2.45, 2.75) is 51.3 Å². The average Bonchev–Trinajstić information content (AvgIpc) is 2.23. The molecule has 0 radical (unpaired) electrons. The summed E-state index contributed by atoms with van der Waals surface area (Å²) in [6.07, 6.45) is -0.856. The summed E-state index contributed by atoms with van der Waals surface area (Å²) in [6.45, 7) is 4.32. The Morgan fingerprint density at radius 2 is 2.06 bits per heavy atom. The summed E-state index contributed by atoms with van der Waals surface area (Å²) in [5, 5.41) is 19.4. The molecule has 0 spiro atoms. The number of aliphatic hydroxyl groups is 2. The zero-order valence-electron chi connectivity index (χ0n) is 11.0. The van der Waals surface area contributed by atoms with Crippen molar-refractivity contribution < 1.29 is 24.4 Å². The molecular formula is C12H24O5. The molecule has 1 fully saturated rings. The van der Waals surface area contributed by atoms with E-state index < -0.39 is 12.4 Å². The van der Waals surface area contributed by atoms with Crippen molar-refractivity contribution in [3.63, 3.8) is 0 Å². The molecule has 17 heavy (non-hydrogen) atoms. The number of rotatable bonds is 5. The molecule has 102 valence electrons. The summed E-state index contributed by atoms with van der Waals surface area (Å²) in [5.74, 6) is 0. The largest absolute Gasteiger partial charge is 0.391 e. The fourth-order valence-electron chi connectivity index (χ4n) is 2.38. The molecule has 1 aliphatic rings. The molecule has 1 rings (SSSR count). The van der Waals surface area contributed by atoms with Gasteiger partial charge in [0.05, 0.1) is 24.9 Å². The van der Waals surface area contributed by atoms with Gasteiger partial charge in [0.25, 0.3) is 0 Å². The van der Waals surface area contributed by atoms with E-state index in [-0.39, 0.29) is 24.2 Å². The normalized spacial score (nSPS) is 34.6. The van der Waals surface area contributed by atoms with Crippen LogP contribution in [0.25, 0.3) is 0 Å². The Bertz CT molecular complexity index is 231.